The second-order valence-electron chi connectivity index (χ2n) is 7.17. The zero-order valence-electron chi connectivity index (χ0n) is 16.8. The Hall–Kier alpha value is -2.62. The summed E-state index contributed by atoms with van der Waals surface area (Å²) in [4.78, 5) is 19.4. The maximum atomic E-state index is 13.1. The molecule has 1 aliphatic rings. The Morgan fingerprint density at radius 1 is 1.17 bits per heavy atom. The van der Waals surface area contributed by atoms with Crippen molar-refractivity contribution in [1.82, 2.24) is 9.21 Å². The third-order valence-electron chi connectivity index (χ3n) is 4.68. The standard InChI is InChI=1S/C21H21N3O4S2/c1-14-13-24(20(25)19-11-15-7-4-5-10-18(15)28-19)21(29-14)22-16-8-6-9-17(12-16)30(26,27)23(2)3/h4-12,14H,13H2,1-3H3. The van der Waals surface area contributed by atoms with Gasteiger partial charge in [0.25, 0.3) is 5.91 Å². The van der Waals surface area contributed by atoms with Gasteiger partial charge in [-0.05, 0) is 30.3 Å². The van der Waals surface area contributed by atoms with E-state index < -0.39 is 10.0 Å². The molecule has 1 aromatic heterocycles. The van der Waals surface area contributed by atoms with E-state index in [2.05, 4.69) is 4.99 Å². The van der Waals surface area contributed by atoms with E-state index in [4.69, 9.17) is 4.42 Å². The van der Waals surface area contributed by atoms with Gasteiger partial charge in [0.1, 0.15) is 5.58 Å². The first kappa shape index (κ1) is 20.6. The Kier molecular flexibility index (Phi) is 5.44. The molecule has 1 saturated heterocycles. The third kappa shape index (κ3) is 3.88. The number of thioether (sulfide) groups is 1. The van der Waals surface area contributed by atoms with Crippen LogP contribution in [0, 0.1) is 0 Å². The average molecular weight is 444 g/mol. The van der Waals surface area contributed by atoms with Crippen LogP contribution in [0.15, 0.2) is 68.9 Å². The SMILES string of the molecule is CC1CN(C(=O)c2cc3ccccc3o2)C(=Nc2cccc(S(=O)(=O)N(C)C)c2)S1. The first-order valence-electron chi connectivity index (χ1n) is 9.34. The van der Waals surface area contributed by atoms with Crippen LogP contribution in [0.4, 0.5) is 5.69 Å². The summed E-state index contributed by atoms with van der Waals surface area (Å²) in [5.41, 5.74) is 1.12. The van der Waals surface area contributed by atoms with Gasteiger partial charge in [0.2, 0.25) is 10.0 Å². The average Bonchev–Trinajstić information content (AvgIpc) is 3.30. The summed E-state index contributed by atoms with van der Waals surface area (Å²) in [7, 11) is -0.605. The number of nitrogens with zero attached hydrogens (tertiary/aromatic N) is 3. The molecule has 156 valence electrons. The summed E-state index contributed by atoms with van der Waals surface area (Å²) < 4.78 is 31.7. The Morgan fingerprint density at radius 2 is 1.93 bits per heavy atom. The van der Waals surface area contributed by atoms with Crippen LogP contribution in [0.3, 0.4) is 0 Å². The van der Waals surface area contributed by atoms with Gasteiger partial charge >= 0.3 is 0 Å². The van der Waals surface area contributed by atoms with Gasteiger partial charge in [0.05, 0.1) is 10.6 Å². The lowest BCUT2D eigenvalue weighted by Crippen LogP contribution is -2.32. The van der Waals surface area contributed by atoms with Gasteiger partial charge < -0.3 is 4.42 Å². The van der Waals surface area contributed by atoms with Crippen molar-refractivity contribution in [3.8, 4) is 0 Å². The fraction of sp³-hybridized carbons (Fsp3) is 0.238. The summed E-state index contributed by atoms with van der Waals surface area (Å²) in [6, 6.07) is 15.6. The predicted molar refractivity (Wildman–Crippen MR) is 119 cm³/mol. The van der Waals surface area contributed by atoms with Gasteiger partial charge in [-0.15, -0.1) is 0 Å². The lowest BCUT2D eigenvalue weighted by Gasteiger charge is -2.15. The van der Waals surface area contributed by atoms with E-state index in [9.17, 15) is 13.2 Å². The molecule has 1 unspecified atom stereocenters. The first-order valence-corrected chi connectivity index (χ1v) is 11.7. The van der Waals surface area contributed by atoms with Crippen LogP contribution >= 0.6 is 11.8 Å². The summed E-state index contributed by atoms with van der Waals surface area (Å²) in [6.45, 7) is 2.51. The van der Waals surface area contributed by atoms with Crippen LogP contribution < -0.4 is 0 Å². The molecule has 2 aromatic carbocycles. The van der Waals surface area contributed by atoms with Crippen molar-refractivity contribution in [2.24, 2.45) is 4.99 Å². The molecular formula is C21H21N3O4S2. The quantitative estimate of drug-likeness (QED) is 0.610. The van der Waals surface area contributed by atoms with Crippen molar-refractivity contribution < 1.29 is 17.6 Å². The highest BCUT2D eigenvalue weighted by atomic mass is 32.2. The Labute approximate surface area is 179 Å². The topological polar surface area (TPSA) is 83.2 Å². The summed E-state index contributed by atoms with van der Waals surface area (Å²) >= 11 is 1.47. The number of amides is 1. The largest absolute Gasteiger partial charge is 0.451 e. The van der Waals surface area contributed by atoms with Crippen molar-refractivity contribution in [1.29, 1.82) is 0 Å². The molecule has 0 N–H and O–H groups in total. The monoisotopic (exact) mass is 443 g/mol. The number of sulfonamides is 1. The number of carbonyl (C=O) groups excluding carboxylic acids is 1. The Bertz CT molecular complexity index is 1210. The fourth-order valence-electron chi connectivity index (χ4n) is 3.13. The van der Waals surface area contributed by atoms with Crippen molar-refractivity contribution in [3.63, 3.8) is 0 Å². The third-order valence-corrected chi connectivity index (χ3v) is 7.56. The van der Waals surface area contributed by atoms with Crippen LogP contribution in [0.5, 0.6) is 0 Å². The molecule has 0 aliphatic carbocycles. The van der Waals surface area contributed by atoms with Gasteiger partial charge in [-0.3, -0.25) is 9.69 Å². The molecule has 1 atom stereocenters. The zero-order valence-corrected chi connectivity index (χ0v) is 18.4. The molecule has 2 heterocycles. The summed E-state index contributed by atoms with van der Waals surface area (Å²) in [5, 5.41) is 1.54. The summed E-state index contributed by atoms with van der Waals surface area (Å²) in [5.74, 6) is -0.0126. The second kappa shape index (κ2) is 7.90. The van der Waals surface area contributed by atoms with Crippen LogP contribution in [0.25, 0.3) is 11.0 Å². The molecule has 0 spiro atoms. The lowest BCUT2D eigenvalue weighted by atomic mass is 10.2. The van der Waals surface area contributed by atoms with Crippen LogP contribution in [0.1, 0.15) is 17.5 Å². The normalized spacial score (nSPS) is 18.6. The number of amidine groups is 1. The van der Waals surface area contributed by atoms with E-state index in [1.54, 1.807) is 23.1 Å². The highest BCUT2D eigenvalue weighted by Gasteiger charge is 2.33. The van der Waals surface area contributed by atoms with Crippen molar-refractivity contribution >= 4 is 49.5 Å². The molecule has 3 aromatic rings. The van der Waals surface area contributed by atoms with Gasteiger partial charge in [-0.25, -0.2) is 17.7 Å². The molecule has 9 heteroatoms. The minimum Gasteiger partial charge on any atom is -0.451 e. The van der Waals surface area contributed by atoms with E-state index in [1.807, 2.05) is 31.2 Å². The van der Waals surface area contributed by atoms with Crippen LogP contribution in [-0.4, -0.2) is 54.6 Å². The first-order chi connectivity index (χ1) is 14.3. The molecule has 1 aliphatic heterocycles. The molecular weight excluding hydrogens is 422 g/mol. The number of hydrogen-bond acceptors (Lipinski definition) is 6. The number of carbonyl (C=O) groups is 1. The number of aliphatic imine (C=N–C) groups is 1. The number of fused-ring (bicyclic) bond motifs is 1. The molecule has 0 saturated carbocycles. The van der Waals surface area contributed by atoms with Crippen LogP contribution in [-0.2, 0) is 10.0 Å². The Balaban J connectivity index is 1.67. The van der Waals surface area contributed by atoms with E-state index in [1.165, 1.54) is 38.0 Å². The van der Waals surface area contributed by atoms with E-state index in [0.717, 1.165) is 9.69 Å². The number of para-hydroxylation sites is 1. The Morgan fingerprint density at radius 3 is 2.67 bits per heavy atom. The maximum absolute atomic E-state index is 13.1. The lowest BCUT2D eigenvalue weighted by molar-refractivity contribution is 0.0827. The summed E-state index contributed by atoms with van der Waals surface area (Å²) in [6.07, 6.45) is 0. The van der Waals surface area contributed by atoms with E-state index in [-0.39, 0.29) is 21.8 Å². The predicted octanol–water partition coefficient (Wildman–Crippen LogP) is 3.95. The molecule has 0 bridgehead atoms. The van der Waals surface area contributed by atoms with Gasteiger partial charge in [-0.2, -0.15) is 0 Å². The zero-order chi connectivity index (χ0) is 21.5. The van der Waals surface area contributed by atoms with Crippen molar-refractivity contribution in [3.05, 3.63) is 60.4 Å². The van der Waals surface area contributed by atoms with Gasteiger partial charge in [0, 0.05) is 31.3 Å². The van der Waals surface area contributed by atoms with Gasteiger partial charge in [0.15, 0.2) is 10.9 Å². The second-order valence-corrected chi connectivity index (χ2v) is 10.7. The number of hydrogen-bond donors (Lipinski definition) is 0. The number of benzene rings is 2. The molecule has 0 radical (unpaired) electrons. The molecule has 1 amide bonds. The van der Waals surface area contributed by atoms with Crippen molar-refractivity contribution in [2.75, 3.05) is 20.6 Å². The number of rotatable bonds is 4. The maximum Gasteiger partial charge on any atom is 0.295 e. The van der Waals surface area contributed by atoms with E-state index in [0.29, 0.717) is 23.0 Å². The minimum absolute atomic E-state index is 0.153. The minimum atomic E-state index is -3.57. The molecule has 4 rings (SSSR count). The molecule has 1 fully saturated rings. The van der Waals surface area contributed by atoms with E-state index >= 15 is 0 Å². The molecule has 7 nitrogen and oxygen atoms in total. The highest BCUT2D eigenvalue weighted by molar-refractivity contribution is 8.14. The van der Waals surface area contributed by atoms with Crippen molar-refractivity contribution in [2.45, 2.75) is 17.1 Å². The van der Waals surface area contributed by atoms with Crippen LogP contribution in [0.2, 0.25) is 0 Å². The highest BCUT2D eigenvalue weighted by Crippen LogP contribution is 2.31. The van der Waals surface area contributed by atoms with Gasteiger partial charge in [-0.1, -0.05) is 43.0 Å². The fourth-order valence-corrected chi connectivity index (χ4v) is 5.10. The smallest absolute Gasteiger partial charge is 0.295 e. The number of furan rings is 1. The molecule has 30 heavy (non-hydrogen) atoms.